The number of rotatable bonds is 6. The number of hydrogen-bond acceptors (Lipinski definition) is 3. The fourth-order valence-corrected chi connectivity index (χ4v) is 6.19. The largest absolute Gasteiger partial charge is 0.496 e. The van der Waals surface area contributed by atoms with Gasteiger partial charge in [-0.25, -0.2) is 0 Å². The highest BCUT2D eigenvalue weighted by molar-refractivity contribution is 7.10. The number of benzene rings is 2. The second-order valence-corrected chi connectivity index (χ2v) is 9.57. The lowest BCUT2D eigenvalue weighted by Crippen LogP contribution is -2.40. The van der Waals surface area contributed by atoms with Gasteiger partial charge in [0, 0.05) is 35.1 Å². The summed E-state index contributed by atoms with van der Waals surface area (Å²) in [7, 11) is 1.72. The number of nitrogens with zero attached hydrogens (tertiary/aromatic N) is 2. The highest BCUT2D eigenvalue weighted by atomic mass is 32.1. The molecule has 4 nitrogen and oxygen atoms in total. The molecule has 1 aliphatic rings. The van der Waals surface area contributed by atoms with Crippen LogP contribution in [0.15, 0.2) is 60.1 Å². The van der Waals surface area contributed by atoms with Crippen molar-refractivity contribution in [3.63, 3.8) is 0 Å². The second-order valence-electron chi connectivity index (χ2n) is 8.62. The molecule has 4 aromatic rings. The SMILES string of the molecule is CCc1cc(CC2c3sccc3CCN2C(=O)c2cn(CC)c3ccccc23)ccc1OC. The first-order valence-electron chi connectivity index (χ1n) is 11.8. The number of methoxy groups -OCH3 is 1. The van der Waals surface area contributed by atoms with Crippen molar-refractivity contribution in [1.82, 2.24) is 9.47 Å². The molecule has 33 heavy (non-hydrogen) atoms. The van der Waals surface area contributed by atoms with E-state index in [1.807, 2.05) is 18.3 Å². The topological polar surface area (TPSA) is 34.5 Å². The van der Waals surface area contributed by atoms with Crippen LogP contribution in [-0.4, -0.2) is 29.0 Å². The van der Waals surface area contributed by atoms with E-state index in [0.29, 0.717) is 0 Å². The van der Waals surface area contributed by atoms with Crippen molar-refractivity contribution in [2.75, 3.05) is 13.7 Å². The summed E-state index contributed by atoms with van der Waals surface area (Å²) >= 11 is 1.78. The van der Waals surface area contributed by atoms with E-state index >= 15 is 0 Å². The minimum atomic E-state index is 0.0445. The number of amides is 1. The molecule has 0 aliphatic carbocycles. The van der Waals surface area contributed by atoms with Gasteiger partial charge in [0.15, 0.2) is 0 Å². The molecule has 2 aromatic heterocycles. The van der Waals surface area contributed by atoms with Crippen LogP contribution < -0.4 is 4.74 Å². The van der Waals surface area contributed by atoms with Gasteiger partial charge >= 0.3 is 0 Å². The van der Waals surface area contributed by atoms with Crippen LogP contribution in [0.4, 0.5) is 0 Å². The molecule has 0 N–H and O–H groups in total. The summed E-state index contributed by atoms with van der Waals surface area (Å²) in [6.45, 7) is 5.86. The van der Waals surface area contributed by atoms with Gasteiger partial charge in [-0.3, -0.25) is 4.79 Å². The number of aromatic nitrogens is 1. The van der Waals surface area contributed by atoms with Gasteiger partial charge in [0.2, 0.25) is 0 Å². The predicted molar refractivity (Wildman–Crippen MR) is 135 cm³/mol. The summed E-state index contributed by atoms with van der Waals surface area (Å²) in [5, 5.41) is 3.21. The van der Waals surface area contributed by atoms with Crippen LogP contribution in [0, 0.1) is 0 Å². The van der Waals surface area contributed by atoms with Crippen LogP contribution >= 0.6 is 11.3 Å². The van der Waals surface area contributed by atoms with Crippen molar-refractivity contribution in [3.05, 3.63) is 87.2 Å². The Hall–Kier alpha value is -3.05. The summed E-state index contributed by atoms with van der Waals surface area (Å²) in [6, 6.07) is 17.0. The fraction of sp³-hybridized carbons (Fsp3) is 0.321. The Balaban J connectivity index is 1.54. The number of para-hydroxylation sites is 1. The summed E-state index contributed by atoms with van der Waals surface area (Å²) in [5.41, 5.74) is 5.76. The first-order chi connectivity index (χ1) is 16.1. The molecule has 170 valence electrons. The molecular weight excluding hydrogens is 428 g/mol. The Labute approximate surface area is 199 Å². The van der Waals surface area contributed by atoms with E-state index in [9.17, 15) is 4.79 Å². The Morgan fingerprint density at radius 2 is 2.00 bits per heavy atom. The minimum Gasteiger partial charge on any atom is -0.496 e. The van der Waals surface area contributed by atoms with E-state index in [1.54, 1.807) is 18.4 Å². The van der Waals surface area contributed by atoms with Gasteiger partial charge in [0.1, 0.15) is 5.75 Å². The van der Waals surface area contributed by atoms with Crippen molar-refractivity contribution >= 4 is 28.1 Å². The number of thiophene rings is 1. The molecule has 0 bridgehead atoms. The smallest absolute Gasteiger partial charge is 0.256 e. The molecule has 5 rings (SSSR count). The van der Waals surface area contributed by atoms with Gasteiger partial charge in [-0.1, -0.05) is 37.3 Å². The van der Waals surface area contributed by atoms with Crippen LogP contribution in [-0.2, 0) is 25.8 Å². The zero-order chi connectivity index (χ0) is 22.9. The van der Waals surface area contributed by atoms with Gasteiger partial charge in [0.25, 0.3) is 5.91 Å². The standard InChI is InChI=1S/C28H30N2O2S/c1-4-20-16-19(10-11-26(20)32-3)17-25-27-21(13-15-33-27)12-14-30(25)28(31)23-18-29(5-2)24-9-7-6-8-22(23)24/h6-11,13,15-16,18,25H,4-5,12,14,17H2,1-3H3. The highest BCUT2D eigenvalue weighted by Crippen LogP contribution is 2.38. The number of aryl methyl sites for hydroxylation is 2. The first kappa shape index (κ1) is 21.8. The van der Waals surface area contributed by atoms with Crippen molar-refractivity contribution in [2.24, 2.45) is 0 Å². The van der Waals surface area contributed by atoms with Gasteiger partial charge in [-0.05, 0) is 66.5 Å². The number of carbonyl (C=O) groups excluding carboxylic acids is 1. The molecule has 0 saturated carbocycles. The van der Waals surface area contributed by atoms with E-state index in [2.05, 4.69) is 65.1 Å². The Bertz CT molecular complexity index is 1300. The fourth-order valence-electron chi connectivity index (χ4n) is 5.12. The third-order valence-electron chi connectivity index (χ3n) is 6.86. The van der Waals surface area contributed by atoms with Crippen LogP contribution in [0.3, 0.4) is 0 Å². The molecule has 0 spiro atoms. The summed E-state index contributed by atoms with van der Waals surface area (Å²) in [4.78, 5) is 17.4. The van der Waals surface area contributed by atoms with Gasteiger partial charge in [-0.2, -0.15) is 0 Å². The number of hydrogen-bond donors (Lipinski definition) is 0. The summed E-state index contributed by atoms with van der Waals surface area (Å²) in [5.74, 6) is 1.06. The van der Waals surface area contributed by atoms with Crippen molar-refractivity contribution in [3.8, 4) is 5.75 Å². The number of carbonyl (C=O) groups is 1. The molecule has 1 unspecified atom stereocenters. The zero-order valence-electron chi connectivity index (χ0n) is 19.5. The molecule has 3 heterocycles. The minimum absolute atomic E-state index is 0.0445. The van der Waals surface area contributed by atoms with Gasteiger partial charge in [0.05, 0.1) is 18.7 Å². The number of ether oxygens (including phenoxy) is 1. The quantitative estimate of drug-likeness (QED) is 0.341. The monoisotopic (exact) mass is 458 g/mol. The molecule has 0 radical (unpaired) electrons. The molecule has 1 amide bonds. The second kappa shape index (κ2) is 9.06. The maximum absolute atomic E-state index is 14.0. The summed E-state index contributed by atoms with van der Waals surface area (Å²) < 4.78 is 7.71. The Morgan fingerprint density at radius 1 is 1.15 bits per heavy atom. The average molecular weight is 459 g/mol. The first-order valence-corrected chi connectivity index (χ1v) is 12.6. The normalized spacial score (nSPS) is 15.6. The zero-order valence-corrected chi connectivity index (χ0v) is 20.3. The lowest BCUT2D eigenvalue weighted by Gasteiger charge is -2.36. The molecule has 2 aromatic carbocycles. The van der Waals surface area contributed by atoms with Crippen LogP contribution in [0.1, 0.15) is 51.8 Å². The third-order valence-corrected chi connectivity index (χ3v) is 7.92. The van der Waals surface area contributed by atoms with E-state index in [4.69, 9.17) is 4.74 Å². The highest BCUT2D eigenvalue weighted by Gasteiger charge is 2.33. The summed E-state index contributed by atoms with van der Waals surface area (Å²) in [6.07, 6.45) is 4.68. The van der Waals surface area contributed by atoms with Crippen LogP contribution in [0.5, 0.6) is 5.75 Å². The van der Waals surface area contributed by atoms with Gasteiger partial charge in [-0.15, -0.1) is 11.3 Å². The molecule has 1 aliphatic heterocycles. The Morgan fingerprint density at radius 3 is 2.79 bits per heavy atom. The molecular formula is C28H30N2O2S. The molecule has 0 saturated heterocycles. The Kier molecular flexibility index (Phi) is 5.98. The molecule has 1 atom stereocenters. The number of fused-ring (bicyclic) bond motifs is 2. The van der Waals surface area contributed by atoms with E-state index in [0.717, 1.165) is 54.6 Å². The van der Waals surface area contributed by atoms with E-state index < -0.39 is 0 Å². The van der Waals surface area contributed by atoms with Crippen LogP contribution in [0.25, 0.3) is 10.9 Å². The van der Waals surface area contributed by atoms with E-state index in [1.165, 1.54) is 21.6 Å². The maximum atomic E-state index is 14.0. The molecule has 5 heteroatoms. The maximum Gasteiger partial charge on any atom is 0.256 e. The van der Waals surface area contributed by atoms with Gasteiger partial charge < -0.3 is 14.2 Å². The third kappa shape index (κ3) is 3.84. The van der Waals surface area contributed by atoms with Crippen molar-refractivity contribution in [2.45, 2.75) is 45.7 Å². The molecule has 0 fully saturated rings. The predicted octanol–water partition coefficient (Wildman–Crippen LogP) is 6.28. The lowest BCUT2D eigenvalue weighted by atomic mass is 9.93. The van der Waals surface area contributed by atoms with E-state index in [-0.39, 0.29) is 11.9 Å². The average Bonchev–Trinajstić information content (AvgIpc) is 3.48. The van der Waals surface area contributed by atoms with Crippen molar-refractivity contribution < 1.29 is 9.53 Å². The van der Waals surface area contributed by atoms with Crippen LogP contribution in [0.2, 0.25) is 0 Å². The lowest BCUT2D eigenvalue weighted by molar-refractivity contribution is 0.0666. The van der Waals surface area contributed by atoms with Crippen molar-refractivity contribution in [1.29, 1.82) is 0 Å².